The van der Waals surface area contributed by atoms with Gasteiger partial charge >= 0.3 is 0 Å². The third-order valence-corrected chi connectivity index (χ3v) is 5.50. The van der Waals surface area contributed by atoms with Crippen molar-refractivity contribution >= 4 is 22.1 Å². The highest BCUT2D eigenvalue weighted by Crippen LogP contribution is 2.41. The molecule has 1 saturated heterocycles. The van der Waals surface area contributed by atoms with Crippen LogP contribution >= 0.6 is 0 Å². The van der Waals surface area contributed by atoms with Crippen molar-refractivity contribution in [1.82, 2.24) is 24.6 Å². The summed E-state index contributed by atoms with van der Waals surface area (Å²) in [6, 6.07) is 5.59. The standard InChI is InChI=1S/C20H21N5O3/c1-24-8-3-4-12(10-24)25-11-21-17-19(27-2)16(22-23-20(17)25)14-5-6-15-13(18(14)26)7-9-28-15/h5-7,9,11-12,26H,3-4,8,10H2,1-2H3/t12-/m1/s1. The molecule has 1 N–H and O–H groups in total. The second-order valence-corrected chi connectivity index (χ2v) is 7.26. The third kappa shape index (κ3) is 2.52. The molecule has 1 aliphatic heterocycles. The number of fused-ring (bicyclic) bond motifs is 2. The van der Waals surface area contributed by atoms with Crippen LogP contribution in [-0.4, -0.2) is 57.0 Å². The van der Waals surface area contributed by atoms with Crippen molar-refractivity contribution in [3.63, 3.8) is 0 Å². The molecule has 1 fully saturated rings. The van der Waals surface area contributed by atoms with Crippen molar-refractivity contribution in [3.8, 4) is 22.8 Å². The van der Waals surface area contributed by atoms with Gasteiger partial charge in [-0.15, -0.1) is 10.2 Å². The van der Waals surface area contributed by atoms with E-state index in [4.69, 9.17) is 9.15 Å². The van der Waals surface area contributed by atoms with Crippen LogP contribution in [0, 0.1) is 0 Å². The lowest BCUT2D eigenvalue weighted by molar-refractivity contribution is 0.214. The molecule has 4 aromatic rings. The van der Waals surface area contributed by atoms with E-state index in [2.05, 4.69) is 31.7 Å². The maximum absolute atomic E-state index is 10.7. The van der Waals surface area contributed by atoms with Gasteiger partial charge in [0.15, 0.2) is 16.9 Å². The van der Waals surface area contributed by atoms with Gasteiger partial charge in [-0.1, -0.05) is 0 Å². The quantitative estimate of drug-likeness (QED) is 0.584. The van der Waals surface area contributed by atoms with Crippen molar-refractivity contribution in [2.75, 3.05) is 27.2 Å². The highest BCUT2D eigenvalue weighted by molar-refractivity contribution is 5.94. The third-order valence-electron chi connectivity index (χ3n) is 5.50. The second kappa shape index (κ2) is 6.49. The second-order valence-electron chi connectivity index (χ2n) is 7.26. The lowest BCUT2D eigenvalue weighted by Gasteiger charge is -2.30. The maximum Gasteiger partial charge on any atom is 0.186 e. The number of aromatic nitrogens is 4. The van der Waals surface area contributed by atoms with Crippen LogP contribution in [0.3, 0.4) is 0 Å². The fraction of sp³-hybridized carbons (Fsp3) is 0.350. The summed E-state index contributed by atoms with van der Waals surface area (Å²) in [5.74, 6) is 0.595. The molecule has 5 rings (SSSR count). The number of imidazole rings is 1. The predicted molar refractivity (Wildman–Crippen MR) is 105 cm³/mol. The SMILES string of the molecule is COc1c(-c2ccc3occc3c2O)nnc2c1ncn2[C@@H]1CCCN(C)C1. The average molecular weight is 379 g/mol. The molecule has 8 heteroatoms. The number of furan rings is 1. The molecule has 0 aliphatic carbocycles. The summed E-state index contributed by atoms with van der Waals surface area (Å²) in [5, 5.41) is 20.2. The van der Waals surface area contributed by atoms with Crippen LogP contribution in [-0.2, 0) is 0 Å². The molecule has 0 amide bonds. The van der Waals surface area contributed by atoms with Crippen LogP contribution < -0.4 is 4.74 Å². The number of piperidine rings is 1. The number of phenols is 1. The largest absolute Gasteiger partial charge is 0.506 e. The minimum absolute atomic E-state index is 0.0894. The van der Waals surface area contributed by atoms with Gasteiger partial charge in [0, 0.05) is 18.2 Å². The van der Waals surface area contributed by atoms with E-state index in [1.807, 2.05) is 6.33 Å². The summed E-state index contributed by atoms with van der Waals surface area (Å²) in [7, 11) is 3.71. The number of nitrogens with zero attached hydrogens (tertiary/aromatic N) is 5. The van der Waals surface area contributed by atoms with Gasteiger partial charge in [0.1, 0.15) is 17.0 Å². The zero-order chi connectivity index (χ0) is 19.3. The number of ether oxygens (including phenoxy) is 1. The number of benzene rings is 1. The van der Waals surface area contributed by atoms with E-state index in [1.54, 1.807) is 31.6 Å². The van der Waals surface area contributed by atoms with Gasteiger partial charge in [0.25, 0.3) is 0 Å². The Kier molecular flexibility index (Phi) is 3.94. The summed E-state index contributed by atoms with van der Waals surface area (Å²) in [6.07, 6.45) is 5.58. The Labute approximate surface area is 161 Å². The molecule has 1 aliphatic rings. The molecule has 0 unspecified atom stereocenters. The smallest absolute Gasteiger partial charge is 0.186 e. The lowest BCUT2D eigenvalue weighted by Crippen LogP contribution is -2.33. The van der Waals surface area contributed by atoms with Gasteiger partial charge in [-0.2, -0.15) is 0 Å². The summed E-state index contributed by atoms with van der Waals surface area (Å²) in [5.41, 5.74) is 2.95. The Morgan fingerprint density at radius 3 is 2.96 bits per heavy atom. The van der Waals surface area contributed by atoms with Gasteiger partial charge in [0.2, 0.25) is 0 Å². The van der Waals surface area contributed by atoms with Crippen molar-refractivity contribution < 1.29 is 14.3 Å². The Bertz CT molecular complexity index is 1170. The Morgan fingerprint density at radius 2 is 2.14 bits per heavy atom. The number of hydrogen-bond acceptors (Lipinski definition) is 7. The van der Waals surface area contributed by atoms with Gasteiger partial charge in [-0.25, -0.2) is 4.98 Å². The molecular formula is C20H21N5O3. The van der Waals surface area contributed by atoms with Crippen LogP contribution in [0.2, 0.25) is 0 Å². The van der Waals surface area contributed by atoms with Crippen molar-refractivity contribution in [1.29, 1.82) is 0 Å². The van der Waals surface area contributed by atoms with Crippen molar-refractivity contribution in [3.05, 3.63) is 30.8 Å². The molecule has 0 saturated carbocycles. The number of likely N-dealkylation sites (tertiary alicyclic amines) is 1. The molecule has 1 aromatic carbocycles. The van der Waals surface area contributed by atoms with Crippen molar-refractivity contribution in [2.45, 2.75) is 18.9 Å². The van der Waals surface area contributed by atoms with E-state index in [9.17, 15) is 5.11 Å². The van der Waals surface area contributed by atoms with E-state index in [-0.39, 0.29) is 5.75 Å². The molecule has 4 heterocycles. The van der Waals surface area contributed by atoms with Gasteiger partial charge < -0.3 is 23.7 Å². The zero-order valence-electron chi connectivity index (χ0n) is 15.8. The van der Waals surface area contributed by atoms with E-state index in [1.165, 1.54) is 0 Å². The van der Waals surface area contributed by atoms with Crippen LogP contribution in [0.25, 0.3) is 33.4 Å². The van der Waals surface area contributed by atoms with Crippen LogP contribution in [0.15, 0.2) is 35.2 Å². The van der Waals surface area contributed by atoms with Crippen LogP contribution in [0.4, 0.5) is 0 Å². The van der Waals surface area contributed by atoms with Gasteiger partial charge in [-0.3, -0.25) is 0 Å². The number of likely N-dealkylation sites (N-methyl/N-ethyl adjacent to an activating group) is 1. The number of phenolic OH excluding ortho intramolecular Hbond substituents is 1. The van der Waals surface area contributed by atoms with E-state index < -0.39 is 0 Å². The molecule has 144 valence electrons. The number of hydrogen-bond donors (Lipinski definition) is 1. The number of aromatic hydroxyl groups is 1. The monoisotopic (exact) mass is 379 g/mol. The van der Waals surface area contributed by atoms with Gasteiger partial charge in [0.05, 0.1) is 25.1 Å². The van der Waals surface area contributed by atoms with E-state index >= 15 is 0 Å². The molecule has 0 radical (unpaired) electrons. The first-order valence-electron chi connectivity index (χ1n) is 9.32. The summed E-state index contributed by atoms with van der Waals surface area (Å²) < 4.78 is 13.1. The Morgan fingerprint density at radius 1 is 1.25 bits per heavy atom. The normalized spacial score (nSPS) is 18.1. The molecule has 3 aromatic heterocycles. The Balaban J connectivity index is 1.65. The summed E-state index contributed by atoms with van der Waals surface area (Å²) in [6.45, 7) is 2.06. The van der Waals surface area contributed by atoms with Gasteiger partial charge in [-0.05, 0) is 44.6 Å². The predicted octanol–water partition coefficient (Wildman–Crippen LogP) is 3.22. The first-order chi connectivity index (χ1) is 13.7. The molecule has 8 nitrogen and oxygen atoms in total. The van der Waals surface area contributed by atoms with Crippen molar-refractivity contribution in [2.24, 2.45) is 0 Å². The fourth-order valence-corrected chi connectivity index (χ4v) is 4.09. The molecule has 0 spiro atoms. The topological polar surface area (TPSA) is 89.4 Å². The number of rotatable bonds is 3. The maximum atomic E-state index is 10.7. The minimum atomic E-state index is 0.0894. The summed E-state index contributed by atoms with van der Waals surface area (Å²) >= 11 is 0. The molecule has 0 bridgehead atoms. The van der Waals surface area contributed by atoms with E-state index in [0.29, 0.717) is 45.2 Å². The minimum Gasteiger partial charge on any atom is -0.506 e. The first kappa shape index (κ1) is 17.0. The highest BCUT2D eigenvalue weighted by atomic mass is 16.5. The first-order valence-corrected chi connectivity index (χ1v) is 9.32. The molecule has 28 heavy (non-hydrogen) atoms. The molecular weight excluding hydrogens is 358 g/mol. The van der Waals surface area contributed by atoms with E-state index in [0.717, 1.165) is 25.9 Å². The summed E-state index contributed by atoms with van der Waals surface area (Å²) in [4.78, 5) is 6.89. The Hall–Kier alpha value is -3.13. The van der Waals surface area contributed by atoms with Crippen LogP contribution in [0.1, 0.15) is 18.9 Å². The fourth-order valence-electron chi connectivity index (χ4n) is 4.09. The highest BCUT2D eigenvalue weighted by Gasteiger charge is 2.25. The molecule has 1 atom stereocenters. The van der Waals surface area contributed by atoms with Crippen LogP contribution in [0.5, 0.6) is 11.5 Å². The average Bonchev–Trinajstić information content (AvgIpc) is 3.35. The number of methoxy groups -OCH3 is 1. The zero-order valence-corrected chi connectivity index (χ0v) is 15.8. The lowest BCUT2D eigenvalue weighted by atomic mass is 10.1.